The normalized spacial score (nSPS) is 12.7. The first-order valence-electron chi connectivity index (χ1n) is 7.11. The van der Waals surface area contributed by atoms with Gasteiger partial charge in [0.1, 0.15) is 11.7 Å². The lowest BCUT2D eigenvalue weighted by molar-refractivity contribution is -0.139. The number of pyridine rings is 1. The van der Waals surface area contributed by atoms with Gasteiger partial charge in [-0.15, -0.1) is 0 Å². The number of rotatable bonds is 7. The summed E-state index contributed by atoms with van der Waals surface area (Å²) in [6.45, 7) is 4.55. The largest absolute Gasteiger partial charge is 0.480 e. The van der Waals surface area contributed by atoms with Crippen LogP contribution in [0.3, 0.4) is 0 Å². The summed E-state index contributed by atoms with van der Waals surface area (Å²) < 4.78 is 2.97. The van der Waals surface area contributed by atoms with Crippen molar-refractivity contribution in [3.05, 3.63) is 34.2 Å². The highest BCUT2D eigenvalue weighted by Gasteiger charge is 2.16. The van der Waals surface area contributed by atoms with Gasteiger partial charge in [-0.05, 0) is 40.9 Å². The lowest BCUT2D eigenvalue weighted by Gasteiger charge is -2.14. The molecule has 0 aliphatic heterocycles. The quantitative estimate of drug-likeness (QED) is 0.802. The molecule has 5 nitrogen and oxygen atoms in total. The summed E-state index contributed by atoms with van der Waals surface area (Å²) in [5.41, 5.74) is 2.93. The summed E-state index contributed by atoms with van der Waals surface area (Å²) in [5.74, 6) is -0.797. The Kier molecular flexibility index (Phi) is 5.36. The Morgan fingerprint density at radius 3 is 3.00 bits per heavy atom. The van der Waals surface area contributed by atoms with E-state index in [9.17, 15) is 9.90 Å². The van der Waals surface area contributed by atoms with Gasteiger partial charge in [-0.2, -0.15) is 0 Å². The molecule has 0 bridgehead atoms. The molecule has 0 fully saturated rings. The SMILES string of the molecule is CCCC[C@H](NCc1cnc2c(C)cc(Br)cn12)C(=O)O. The Labute approximate surface area is 132 Å². The van der Waals surface area contributed by atoms with Gasteiger partial charge in [-0.25, -0.2) is 4.98 Å². The monoisotopic (exact) mass is 353 g/mol. The zero-order valence-electron chi connectivity index (χ0n) is 12.3. The van der Waals surface area contributed by atoms with E-state index in [-0.39, 0.29) is 0 Å². The molecule has 0 saturated carbocycles. The minimum Gasteiger partial charge on any atom is -0.480 e. The standard InChI is InChI=1S/C15H20BrN3O2/c1-3-4-5-13(15(20)21)17-7-12-8-18-14-10(2)6-11(16)9-19(12)14/h6,8-9,13,17H,3-5,7H2,1-2H3,(H,20,21)/t13-/m0/s1. The van der Waals surface area contributed by atoms with Crippen LogP contribution in [0, 0.1) is 6.92 Å². The Morgan fingerprint density at radius 2 is 2.33 bits per heavy atom. The van der Waals surface area contributed by atoms with Crippen LogP contribution >= 0.6 is 15.9 Å². The van der Waals surface area contributed by atoms with Gasteiger partial charge in [0.05, 0.1) is 11.9 Å². The van der Waals surface area contributed by atoms with Crippen LogP contribution in [0.2, 0.25) is 0 Å². The van der Waals surface area contributed by atoms with Crippen molar-refractivity contribution in [3.63, 3.8) is 0 Å². The third-order valence-electron chi connectivity index (χ3n) is 3.51. The molecular weight excluding hydrogens is 334 g/mol. The van der Waals surface area contributed by atoms with E-state index in [1.165, 1.54) is 0 Å². The fraction of sp³-hybridized carbons (Fsp3) is 0.467. The van der Waals surface area contributed by atoms with Crippen molar-refractivity contribution >= 4 is 27.5 Å². The van der Waals surface area contributed by atoms with Crippen molar-refractivity contribution in [2.24, 2.45) is 0 Å². The molecular formula is C15H20BrN3O2. The molecule has 2 aromatic rings. The number of imidazole rings is 1. The van der Waals surface area contributed by atoms with Crippen LogP contribution in [0.4, 0.5) is 0 Å². The Hall–Kier alpha value is -1.40. The van der Waals surface area contributed by atoms with Gasteiger partial charge >= 0.3 is 5.97 Å². The minimum atomic E-state index is -0.797. The summed E-state index contributed by atoms with van der Waals surface area (Å²) >= 11 is 3.48. The predicted octanol–water partition coefficient (Wildman–Crippen LogP) is 3.14. The molecule has 0 amide bonds. The number of unbranched alkanes of at least 4 members (excludes halogenated alkanes) is 1. The number of carbonyl (C=O) groups is 1. The first-order chi connectivity index (χ1) is 10.0. The van der Waals surface area contributed by atoms with E-state index >= 15 is 0 Å². The van der Waals surface area contributed by atoms with Crippen molar-refractivity contribution in [2.75, 3.05) is 0 Å². The van der Waals surface area contributed by atoms with Gasteiger partial charge < -0.3 is 9.51 Å². The molecule has 0 aliphatic rings. The van der Waals surface area contributed by atoms with E-state index < -0.39 is 12.0 Å². The molecule has 21 heavy (non-hydrogen) atoms. The molecule has 0 aromatic carbocycles. The third-order valence-corrected chi connectivity index (χ3v) is 3.94. The molecule has 2 rings (SSSR count). The third kappa shape index (κ3) is 3.83. The predicted molar refractivity (Wildman–Crippen MR) is 85.4 cm³/mol. The smallest absolute Gasteiger partial charge is 0.320 e. The lowest BCUT2D eigenvalue weighted by Crippen LogP contribution is -2.36. The number of fused-ring (bicyclic) bond motifs is 1. The topological polar surface area (TPSA) is 66.6 Å². The highest BCUT2D eigenvalue weighted by molar-refractivity contribution is 9.10. The van der Waals surface area contributed by atoms with E-state index in [4.69, 9.17) is 0 Å². The molecule has 1 atom stereocenters. The van der Waals surface area contributed by atoms with Gasteiger partial charge in [0, 0.05) is 17.2 Å². The average Bonchev–Trinajstić information content (AvgIpc) is 2.82. The van der Waals surface area contributed by atoms with Gasteiger partial charge in [-0.1, -0.05) is 19.8 Å². The van der Waals surface area contributed by atoms with Gasteiger partial charge in [0.25, 0.3) is 0 Å². The van der Waals surface area contributed by atoms with Crippen LogP contribution in [0.5, 0.6) is 0 Å². The van der Waals surface area contributed by atoms with Crippen molar-refractivity contribution < 1.29 is 9.90 Å². The maximum atomic E-state index is 11.2. The highest BCUT2D eigenvalue weighted by Crippen LogP contribution is 2.18. The van der Waals surface area contributed by atoms with Crippen molar-refractivity contribution in [1.82, 2.24) is 14.7 Å². The first kappa shape index (κ1) is 16.0. The molecule has 114 valence electrons. The van der Waals surface area contributed by atoms with Crippen LogP contribution in [-0.2, 0) is 11.3 Å². The zero-order valence-corrected chi connectivity index (χ0v) is 13.9. The number of carboxylic acid groups (broad SMARTS) is 1. The number of carboxylic acids is 1. The molecule has 0 unspecified atom stereocenters. The molecule has 2 heterocycles. The summed E-state index contributed by atoms with van der Waals surface area (Å²) in [7, 11) is 0. The van der Waals surface area contributed by atoms with Crippen molar-refractivity contribution in [1.29, 1.82) is 0 Å². The van der Waals surface area contributed by atoms with Crippen LogP contribution < -0.4 is 5.32 Å². The molecule has 0 radical (unpaired) electrons. The second-order valence-electron chi connectivity index (χ2n) is 5.20. The number of hydrogen-bond acceptors (Lipinski definition) is 3. The number of aryl methyl sites for hydroxylation is 1. The zero-order chi connectivity index (χ0) is 15.4. The fourth-order valence-corrected chi connectivity index (χ4v) is 2.89. The summed E-state index contributed by atoms with van der Waals surface area (Å²) in [5, 5.41) is 12.3. The maximum Gasteiger partial charge on any atom is 0.320 e. The van der Waals surface area contributed by atoms with Crippen LogP contribution in [-0.4, -0.2) is 26.5 Å². The second-order valence-corrected chi connectivity index (χ2v) is 6.11. The van der Waals surface area contributed by atoms with E-state index in [2.05, 4.69) is 33.2 Å². The number of aromatic nitrogens is 2. The van der Waals surface area contributed by atoms with Crippen molar-refractivity contribution in [2.45, 2.75) is 45.7 Å². The second kappa shape index (κ2) is 7.04. The van der Waals surface area contributed by atoms with E-state index in [1.807, 2.05) is 23.6 Å². The lowest BCUT2D eigenvalue weighted by atomic mass is 10.1. The maximum absolute atomic E-state index is 11.2. The van der Waals surface area contributed by atoms with E-state index in [0.29, 0.717) is 13.0 Å². The van der Waals surface area contributed by atoms with Gasteiger partial charge in [-0.3, -0.25) is 10.1 Å². The Bertz CT molecular complexity index is 639. The Morgan fingerprint density at radius 1 is 1.57 bits per heavy atom. The summed E-state index contributed by atoms with van der Waals surface area (Å²) in [6, 6.07) is 1.50. The number of aliphatic carboxylic acids is 1. The number of halogens is 1. The average molecular weight is 354 g/mol. The summed E-state index contributed by atoms with van der Waals surface area (Å²) in [6.07, 6.45) is 6.29. The first-order valence-corrected chi connectivity index (χ1v) is 7.90. The Balaban J connectivity index is 2.14. The highest BCUT2D eigenvalue weighted by atomic mass is 79.9. The van der Waals surface area contributed by atoms with E-state index in [1.54, 1.807) is 6.20 Å². The van der Waals surface area contributed by atoms with Crippen molar-refractivity contribution in [3.8, 4) is 0 Å². The molecule has 0 aliphatic carbocycles. The van der Waals surface area contributed by atoms with Crippen LogP contribution in [0.25, 0.3) is 5.65 Å². The molecule has 0 spiro atoms. The van der Waals surface area contributed by atoms with Crippen LogP contribution in [0.1, 0.15) is 37.4 Å². The number of hydrogen-bond donors (Lipinski definition) is 2. The number of nitrogens with one attached hydrogen (secondary N) is 1. The summed E-state index contributed by atoms with van der Waals surface area (Å²) in [4.78, 5) is 15.6. The molecule has 0 saturated heterocycles. The van der Waals surface area contributed by atoms with Gasteiger partial charge in [0.15, 0.2) is 0 Å². The van der Waals surface area contributed by atoms with Gasteiger partial charge in [0.2, 0.25) is 0 Å². The van der Waals surface area contributed by atoms with Crippen LogP contribution in [0.15, 0.2) is 22.9 Å². The fourth-order valence-electron chi connectivity index (χ4n) is 2.34. The molecule has 2 N–H and O–H groups in total. The number of nitrogens with zero attached hydrogens (tertiary/aromatic N) is 2. The minimum absolute atomic E-state index is 0.484. The molecule has 6 heteroatoms. The molecule has 2 aromatic heterocycles. The van der Waals surface area contributed by atoms with E-state index in [0.717, 1.165) is 34.2 Å².